The predicted octanol–water partition coefficient (Wildman–Crippen LogP) is 4.88. The van der Waals surface area contributed by atoms with Gasteiger partial charge in [0.05, 0.1) is 16.7 Å². The number of aromatic amines is 1. The Kier molecular flexibility index (Phi) is 5.33. The van der Waals surface area contributed by atoms with Crippen molar-refractivity contribution in [3.8, 4) is 5.75 Å². The number of hydrogen-bond acceptors (Lipinski definition) is 3. The molecule has 0 saturated carbocycles. The van der Waals surface area contributed by atoms with Gasteiger partial charge in [0.1, 0.15) is 11.6 Å². The highest BCUT2D eigenvalue weighted by Crippen LogP contribution is 2.31. The number of H-pyrrole nitrogens is 1. The van der Waals surface area contributed by atoms with E-state index in [0.717, 1.165) is 29.7 Å². The molecule has 3 aromatic rings. The van der Waals surface area contributed by atoms with Crippen LogP contribution in [0.2, 0.25) is 0 Å². The molecule has 1 aromatic heterocycles. The van der Waals surface area contributed by atoms with Crippen LogP contribution in [0.1, 0.15) is 30.1 Å². The summed E-state index contributed by atoms with van der Waals surface area (Å²) in [6.45, 7) is -0.122. The normalized spacial score (nSPS) is 17.0. The van der Waals surface area contributed by atoms with Crippen LogP contribution in [0.5, 0.6) is 5.75 Å². The molecule has 0 aliphatic carbocycles. The number of aryl methyl sites for hydroxylation is 1. The number of carbonyl (C=O) groups excluding carboxylic acids is 1. The first-order chi connectivity index (χ1) is 14.0. The molecule has 0 spiro atoms. The third kappa shape index (κ3) is 4.16. The minimum atomic E-state index is -2.96. The number of alkyl halides is 2. The van der Waals surface area contributed by atoms with Gasteiger partial charge in [-0.25, -0.2) is 9.78 Å². The predicted molar refractivity (Wildman–Crippen MR) is 106 cm³/mol. The fourth-order valence-corrected chi connectivity index (χ4v) is 3.73. The van der Waals surface area contributed by atoms with E-state index in [9.17, 15) is 13.6 Å². The van der Waals surface area contributed by atoms with Crippen molar-refractivity contribution in [3.05, 3.63) is 53.9 Å². The molecule has 1 saturated heterocycles. The standard InChI is InChI=1S/C21H22F2N4O2/c1-13-6-4-10-17(29-20(22)23)18(13)26-21(28)27-11-5-7-14(12-27)19-24-15-8-2-3-9-16(15)25-19/h2-4,6,8-10,14,20H,5,7,11-12H2,1H3,(H,24,25)(H,26,28). The second kappa shape index (κ2) is 8.06. The van der Waals surface area contributed by atoms with E-state index in [0.29, 0.717) is 18.7 Å². The summed E-state index contributed by atoms with van der Waals surface area (Å²) >= 11 is 0. The van der Waals surface area contributed by atoms with Crippen LogP contribution in [-0.4, -0.2) is 40.6 Å². The Morgan fingerprint density at radius 3 is 2.90 bits per heavy atom. The summed E-state index contributed by atoms with van der Waals surface area (Å²) in [4.78, 5) is 22.5. The van der Waals surface area contributed by atoms with E-state index in [1.807, 2.05) is 24.3 Å². The summed E-state index contributed by atoms with van der Waals surface area (Å²) < 4.78 is 29.9. The number of aromatic nitrogens is 2. The average molecular weight is 400 g/mol. The number of rotatable bonds is 4. The first-order valence-corrected chi connectivity index (χ1v) is 9.56. The Balaban J connectivity index is 1.49. The SMILES string of the molecule is Cc1cccc(OC(F)F)c1NC(=O)N1CCCC(c2nc3ccccc3[nH]2)C1. The number of likely N-dealkylation sites (tertiary alicyclic amines) is 1. The Labute approximate surface area is 166 Å². The highest BCUT2D eigenvalue weighted by Gasteiger charge is 2.27. The van der Waals surface area contributed by atoms with Crippen molar-refractivity contribution >= 4 is 22.8 Å². The van der Waals surface area contributed by atoms with E-state index >= 15 is 0 Å². The molecule has 8 heteroatoms. The van der Waals surface area contributed by atoms with Crippen LogP contribution in [0.4, 0.5) is 19.3 Å². The largest absolute Gasteiger partial charge is 0.433 e. The van der Waals surface area contributed by atoms with Gasteiger partial charge in [0.25, 0.3) is 0 Å². The molecule has 1 unspecified atom stereocenters. The third-order valence-electron chi connectivity index (χ3n) is 5.19. The molecule has 152 valence electrons. The molecule has 29 heavy (non-hydrogen) atoms. The summed E-state index contributed by atoms with van der Waals surface area (Å²) in [7, 11) is 0. The maximum absolute atomic E-state index is 12.8. The number of carbonyl (C=O) groups is 1. The zero-order valence-corrected chi connectivity index (χ0v) is 16.0. The van der Waals surface area contributed by atoms with Crippen molar-refractivity contribution in [2.24, 2.45) is 0 Å². The molecule has 1 aliphatic rings. The van der Waals surface area contributed by atoms with Gasteiger partial charge in [0, 0.05) is 19.0 Å². The zero-order valence-electron chi connectivity index (χ0n) is 16.0. The second-order valence-electron chi connectivity index (χ2n) is 7.18. The summed E-state index contributed by atoms with van der Waals surface area (Å²) in [6, 6.07) is 12.2. The summed E-state index contributed by atoms with van der Waals surface area (Å²) in [5.41, 5.74) is 2.79. The molecule has 2 amide bonds. The number of piperidine rings is 1. The van der Waals surface area contributed by atoms with Gasteiger partial charge in [-0.3, -0.25) is 0 Å². The zero-order chi connectivity index (χ0) is 20.4. The molecular weight excluding hydrogens is 378 g/mol. The molecule has 0 bridgehead atoms. The Morgan fingerprint density at radius 2 is 2.10 bits per heavy atom. The number of imidazole rings is 1. The summed E-state index contributed by atoms with van der Waals surface area (Å²) in [5, 5.41) is 2.75. The lowest BCUT2D eigenvalue weighted by atomic mass is 9.97. The van der Waals surface area contributed by atoms with Gasteiger partial charge in [-0.2, -0.15) is 8.78 Å². The topological polar surface area (TPSA) is 70.2 Å². The lowest BCUT2D eigenvalue weighted by Crippen LogP contribution is -2.42. The number of para-hydroxylation sites is 3. The Hall–Kier alpha value is -3.16. The van der Waals surface area contributed by atoms with Crippen LogP contribution in [0.3, 0.4) is 0 Å². The van der Waals surface area contributed by atoms with Crippen molar-refractivity contribution < 1.29 is 18.3 Å². The number of fused-ring (bicyclic) bond motifs is 1. The van der Waals surface area contributed by atoms with Gasteiger partial charge in [0.2, 0.25) is 0 Å². The molecule has 1 fully saturated rings. The van der Waals surface area contributed by atoms with Gasteiger partial charge in [-0.1, -0.05) is 24.3 Å². The van der Waals surface area contributed by atoms with Crippen molar-refractivity contribution in [1.29, 1.82) is 0 Å². The van der Waals surface area contributed by atoms with Gasteiger partial charge in [0.15, 0.2) is 0 Å². The Bertz CT molecular complexity index is 988. The molecular formula is C21H22F2N4O2. The number of anilines is 1. The monoisotopic (exact) mass is 400 g/mol. The van der Waals surface area contributed by atoms with Crippen molar-refractivity contribution in [3.63, 3.8) is 0 Å². The summed E-state index contributed by atoms with van der Waals surface area (Å²) in [5.74, 6) is 0.913. The van der Waals surface area contributed by atoms with Crippen LogP contribution in [0.25, 0.3) is 11.0 Å². The van der Waals surface area contributed by atoms with Crippen LogP contribution in [0, 0.1) is 6.92 Å². The highest BCUT2D eigenvalue weighted by atomic mass is 19.3. The molecule has 6 nitrogen and oxygen atoms in total. The van der Waals surface area contributed by atoms with E-state index in [1.54, 1.807) is 24.0 Å². The third-order valence-corrected chi connectivity index (χ3v) is 5.19. The number of urea groups is 1. The van der Waals surface area contributed by atoms with Crippen LogP contribution in [0.15, 0.2) is 42.5 Å². The van der Waals surface area contributed by atoms with Crippen molar-refractivity contribution in [1.82, 2.24) is 14.9 Å². The fourth-order valence-electron chi connectivity index (χ4n) is 3.73. The van der Waals surface area contributed by atoms with Crippen LogP contribution < -0.4 is 10.1 Å². The fraction of sp³-hybridized carbons (Fsp3) is 0.333. The van der Waals surface area contributed by atoms with E-state index in [2.05, 4.69) is 20.0 Å². The molecule has 2 heterocycles. The van der Waals surface area contributed by atoms with Gasteiger partial charge >= 0.3 is 12.6 Å². The van der Waals surface area contributed by atoms with E-state index < -0.39 is 6.61 Å². The molecule has 4 rings (SSSR count). The first-order valence-electron chi connectivity index (χ1n) is 9.56. The number of benzene rings is 2. The van der Waals surface area contributed by atoms with E-state index in [4.69, 9.17) is 0 Å². The first kappa shape index (κ1) is 19.2. The quantitative estimate of drug-likeness (QED) is 0.655. The number of nitrogens with one attached hydrogen (secondary N) is 2. The maximum Gasteiger partial charge on any atom is 0.387 e. The summed E-state index contributed by atoms with van der Waals surface area (Å²) in [6.07, 6.45) is 1.76. The van der Waals surface area contributed by atoms with Gasteiger partial charge < -0.3 is 19.9 Å². The maximum atomic E-state index is 12.8. The Morgan fingerprint density at radius 1 is 1.28 bits per heavy atom. The van der Waals surface area contributed by atoms with E-state index in [-0.39, 0.29) is 23.4 Å². The van der Waals surface area contributed by atoms with Crippen LogP contribution in [-0.2, 0) is 0 Å². The number of hydrogen-bond donors (Lipinski definition) is 2. The smallest absolute Gasteiger partial charge is 0.387 e. The van der Waals surface area contributed by atoms with Gasteiger partial charge in [-0.05, 0) is 43.5 Å². The second-order valence-corrected chi connectivity index (χ2v) is 7.18. The minimum absolute atomic E-state index is 0.0424. The van der Waals surface area contributed by atoms with Crippen molar-refractivity contribution in [2.45, 2.75) is 32.3 Å². The average Bonchev–Trinajstić information content (AvgIpc) is 3.14. The lowest BCUT2D eigenvalue weighted by Gasteiger charge is -2.32. The lowest BCUT2D eigenvalue weighted by molar-refractivity contribution is -0.0493. The number of halogens is 2. The van der Waals surface area contributed by atoms with E-state index in [1.165, 1.54) is 6.07 Å². The van der Waals surface area contributed by atoms with Crippen molar-refractivity contribution in [2.75, 3.05) is 18.4 Å². The van der Waals surface area contributed by atoms with Crippen LogP contribution >= 0.6 is 0 Å². The molecule has 1 atom stereocenters. The number of ether oxygens (including phenoxy) is 1. The molecule has 0 radical (unpaired) electrons. The minimum Gasteiger partial charge on any atom is -0.433 e. The number of amides is 2. The highest BCUT2D eigenvalue weighted by molar-refractivity contribution is 5.92. The molecule has 1 aliphatic heterocycles. The van der Waals surface area contributed by atoms with Gasteiger partial charge in [-0.15, -0.1) is 0 Å². The molecule has 2 aromatic carbocycles. The number of nitrogens with zero attached hydrogens (tertiary/aromatic N) is 2. The molecule has 2 N–H and O–H groups in total.